The molecule has 0 aliphatic carbocycles. The minimum absolute atomic E-state index is 0.0885. The summed E-state index contributed by atoms with van der Waals surface area (Å²) in [6.45, 7) is 3.16. The van der Waals surface area contributed by atoms with E-state index in [9.17, 15) is 9.59 Å². The van der Waals surface area contributed by atoms with Gasteiger partial charge in [0.15, 0.2) is 0 Å². The average Bonchev–Trinajstić information content (AvgIpc) is 3.26. The normalized spacial score (nSPS) is 17.9. The van der Waals surface area contributed by atoms with Crippen molar-refractivity contribution in [3.8, 4) is 11.5 Å². The summed E-state index contributed by atoms with van der Waals surface area (Å²) in [5.74, 6) is 2.07. The smallest absolute Gasteiger partial charge is 0.225 e. The summed E-state index contributed by atoms with van der Waals surface area (Å²) >= 11 is 0. The van der Waals surface area contributed by atoms with E-state index in [1.54, 1.807) is 14.2 Å². The summed E-state index contributed by atoms with van der Waals surface area (Å²) in [7, 11) is 3.26. The first kappa shape index (κ1) is 19.5. The number of hydrogen-bond donors (Lipinski definition) is 0. The summed E-state index contributed by atoms with van der Waals surface area (Å²) in [6.07, 6.45) is 4.86. The standard InChI is InChI=1S/C21H30N2O4/c1-26-18-6-7-19(27-2)17(15-18)5-8-20(24)22-13-9-16(10-14-22)21(25)23-11-3-4-12-23/h6-7,15-16H,3-5,8-14H2,1-2H3. The van der Waals surface area contributed by atoms with Crippen molar-refractivity contribution in [2.45, 2.75) is 38.5 Å². The van der Waals surface area contributed by atoms with Gasteiger partial charge in [0.25, 0.3) is 0 Å². The van der Waals surface area contributed by atoms with Crippen LogP contribution in [-0.2, 0) is 16.0 Å². The Morgan fingerprint density at radius 2 is 1.70 bits per heavy atom. The topological polar surface area (TPSA) is 59.1 Å². The van der Waals surface area contributed by atoms with Crippen LogP contribution < -0.4 is 9.47 Å². The molecule has 0 N–H and O–H groups in total. The summed E-state index contributed by atoms with van der Waals surface area (Å²) in [6, 6.07) is 5.65. The lowest BCUT2D eigenvalue weighted by Crippen LogP contribution is -2.43. The lowest BCUT2D eigenvalue weighted by atomic mass is 9.95. The fourth-order valence-electron chi connectivity index (χ4n) is 4.05. The number of aryl methyl sites for hydroxylation is 1. The number of rotatable bonds is 6. The van der Waals surface area contributed by atoms with Crippen molar-refractivity contribution in [2.75, 3.05) is 40.4 Å². The third-order valence-electron chi connectivity index (χ3n) is 5.71. The second-order valence-electron chi connectivity index (χ2n) is 7.37. The van der Waals surface area contributed by atoms with Crippen LogP contribution in [0.25, 0.3) is 0 Å². The molecule has 2 heterocycles. The Morgan fingerprint density at radius 1 is 1.00 bits per heavy atom. The molecule has 0 atom stereocenters. The molecule has 2 saturated heterocycles. The molecule has 0 bridgehead atoms. The van der Waals surface area contributed by atoms with Gasteiger partial charge in [0, 0.05) is 38.5 Å². The molecule has 2 aliphatic rings. The maximum Gasteiger partial charge on any atom is 0.225 e. The number of carbonyl (C=O) groups is 2. The van der Waals surface area contributed by atoms with Crippen molar-refractivity contribution in [3.05, 3.63) is 23.8 Å². The third-order valence-corrected chi connectivity index (χ3v) is 5.71. The van der Waals surface area contributed by atoms with E-state index in [1.807, 2.05) is 28.0 Å². The van der Waals surface area contributed by atoms with Crippen LogP contribution in [0.15, 0.2) is 18.2 Å². The molecule has 0 spiro atoms. The molecule has 0 unspecified atom stereocenters. The van der Waals surface area contributed by atoms with Crippen molar-refractivity contribution in [1.29, 1.82) is 0 Å². The number of benzene rings is 1. The maximum absolute atomic E-state index is 12.6. The van der Waals surface area contributed by atoms with Crippen LogP contribution in [0.3, 0.4) is 0 Å². The van der Waals surface area contributed by atoms with Gasteiger partial charge in [-0.2, -0.15) is 0 Å². The van der Waals surface area contributed by atoms with Crippen LogP contribution in [0.4, 0.5) is 0 Å². The molecule has 3 rings (SSSR count). The summed E-state index contributed by atoms with van der Waals surface area (Å²) in [5, 5.41) is 0. The number of carbonyl (C=O) groups excluding carboxylic acids is 2. The zero-order valence-corrected chi connectivity index (χ0v) is 16.4. The zero-order chi connectivity index (χ0) is 19.2. The molecule has 6 heteroatoms. The van der Waals surface area contributed by atoms with Gasteiger partial charge in [0.1, 0.15) is 11.5 Å². The Balaban J connectivity index is 1.49. The molecule has 27 heavy (non-hydrogen) atoms. The van der Waals surface area contributed by atoms with Gasteiger partial charge in [-0.1, -0.05) is 0 Å². The highest BCUT2D eigenvalue weighted by molar-refractivity contribution is 5.80. The lowest BCUT2D eigenvalue weighted by molar-refractivity contribution is -0.140. The summed E-state index contributed by atoms with van der Waals surface area (Å²) < 4.78 is 10.7. The second kappa shape index (κ2) is 9.11. The van der Waals surface area contributed by atoms with Crippen molar-refractivity contribution in [2.24, 2.45) is 5.92 Å². The third kappa shape index (κ3) is 4.73. The van der Waals surface area contributed by atoms with Crippen LogP contribution in [0, 0.1) is 5.92 Å². The number of nitrogens with zero attached hydrogens (tertiary/aromatic N) is 2. The molecule has 2 fully saturated rings. The predicted molar refractivity (Wildman–Crippen MR) is 103 cm³/mol. The molecule has 2 aliphatic heterocycles. The zero-order valence-electron chi connectivity index (χ0n) is 16.4. The Bertz CT molecular complexity index is 662. The Morgan fingerprint density at radius 3 is 2.33 bits per heavy atom. The maximum atomic E-state index is 12.6. The molecule has 6 nitrogen and oxygen atoms in total. The van der Waals surface area contributed by atoms with Crippen molar-refractivity contribution >= 4 is 11.8 Å². The van der Waals surface area contributed by atoms with Crippen LogP contribution in [0.2, 0.25) is 0 Å². The molecular weight excluding hydrogens is 344 g/mol. The monoisotopic (exact) mass is 374 g/mol. The number of piperidine rings is 1. The Kier molecular flexibility index (Phi) is 6.58. The first-order valence-corrected chi connectivity index (χ1v) is 9.90. The first-order chi connectivity index (χ1) is 13.1. The number of methoxy groups -OCH3 is 2. The highest BCUT2D eigenvalue weighted by Crippen LogP contribution is 2.26. The predicted octanol–water partition coefficient (Wildman–Crippen LogP) is 2.50. The molecular formula is C21H30N2O4. The lowest BCUT2D eigenvalue weighted by Gasteiger charge is -2.33. The van der Waals surface area contributed by atoms with E-state index in [2.05, 4.69) is 0 Å². The fourth-order valence-corrected chi connectivity index (χ4v) is 4.05. The molecule has 0 radical (unpaired) electrons. The van der Waals surface area contributed by atoms with Gasteiger partial charge >= 0.3 is 0 Å². The van der Waals surface area contributed by atoms with E-state index < -0.39 is 0 Å². The minimum Gasteiger partial charge on any atom is -0.497 e. The van der Waals surface area contributed by atoms with E-state index in [0.717, 1.165) is 55.8 Å². The van der Waals surface area contributed by atoms with E-state index in [4.69, 9.17) is 9.47 Å². The highest BCUT2D eigenvalue weighted by atomic mass is 16.5. The van der Waals surface area contributed by atoms with E-state index in [1.165, 1.54) is 0 Å². The van der Waals surface area contributed by atoms with Crippen LogP contribution >= 0.6 is 0 Å². The van der Waals surface area contributed by atoms with Crippen LogP contribution in [0.5, 0.6) is 11.5 Å². The molecule has 2 amide bonds. The number of ether oxygens (including phenoxy) is 2. The largest absolute Gasteiger partial charge is 0.497 e. The number of amides is 2. The van der Waals surface area contributed by atoms with Gasteiger partial charge in [-0.25, -0.2) is 0 Å². The van der Waals surface area contributed by atoms with Crippen molar-refractivity contribution in [3.63, 3.8) is 0 Å². The van der Waals surface area contributed by atoms with Gasteiger partial charge < -0.3 is 19.3 Å². The van der Waals surface area contributed by atoms with Gasteiger partial charge in [-0.05, 0) is 55.9 Å². The van der Waals surface area contributed by atoms with Crippen molar-refractivity contribution in [1.82, 2.24) is 9.80 Å². The Hall–Kier alpha value is -2.24. The summed E-state index contributed by atoms with van der Waals surface area (Å²) in [4.78, 5) is 29.0. The van der Waals surface area contributed by atoms with Gasteiger partial charge in [-0.15, -0.1) is 0 Å². The van der Waals surface area contributed by atoms with Crippen molar-refractivity contribution < 1.29 is 19.1 Å². The van der Waals surface area contributed by atoms with Crippen LogP contribution in [-0.4, -0.2) is 62.0 Å². The van der Waals surface area contributed by atoms with Gasteiger partial charge in [0.05, 0.1) is 14.2 Å². The van der Waals surface area contributed by atoms with E-state index in [0.29, 0.717) is 31.8 Å². The molecule has 0 aromatic heterocycles. The molecule has 0 saturated carbocycles. The number of likely N-dealkylation sites (tertiary alicyclic amines) is 2. The summed E-state index contributed by atoms with van der Waals surface area (Å²) in [5.41, 5.74) is 0.976. The first-order valence-electron chi connectivity index (χ1n) is 9.90. The fraction of sp³-hybridized carbons (Fsp3) is 0.619. The SMILES string of the molecule is COc1ccc(OC)c(CCC(=O)N2CCC(C(=O)N3CCCC3)CC2)c1. The van der Waals surface area contributed by atoms with E-state index >= 15 is 0 Å². The molecule has 148 valence electrons. The van der Waals surface area contributed by atoms with Gasteiger partial charge in [0.2, 0.25) is 11.8 Å². The molecule has 1 aromatic carbocycles. The van der Waals surface area contributed by atoms with Gasteiger partial charge in [-0.3, -0.25) is 9.59 Å². The van der Waals surface area contributed by atoms with Crippen LogP contribution in [0.1, 0.15) is 37.7 Å². The second-order valence-corrected chi connectivity index (χ2v) is 7.37. The Labute approximate surface area is 161 Å². The van der Waals surface area contributed by atoms with E-state index in [-0.39, 0.29) is 11.8 Å². The molecule has 1 aromatic rings. The minimum atomic E-state index is 0.0885. The number of hydrogen-bond acceptors (Lipinski definition) is 4. The average molecular weight is 374 g/mol. The quantitative estimate of drug-likeness (QED) is 0.768. The highest BCUT2D eigenvalue weighted by Gasteiger charge is 2.31.